The van der Waals surface area contributed by atoms with Crippen LogP contribution >= 0.6 is 0 Å². The zero-order chi connectivity index (χ0) is 13.8. The van der Waals surface area contributed by atoms with Crippen molar-refractivity contribution in [3.8, 4) is 0 Å². The van der Waals surface area contributed by atoms with E-state index in [0.717, 1.165) is 19.3 Å². The van der Waals surface area contributed by atoms with E-state index >= 15 is 0 Å². The van der Waals surface area contributed by atoms with E-state index < -0.39 is 5.97 Å². The Morgan fingerprint density at radius 3 is 2.53 bits per heavy atom. The van der Waals surface area contributed by atoms with Crippen molar-refractivity contribution in [1.29, 1.82) is 0 Å². The largest absolute Gasteiger partial charge is 0.478 e. The number of carbonyl (C=O) groups is 2. The van der Waals surface area contributed by atoms with Gasteiger partial charge in [0.15, 0.2) is 0 Å². The SMILES string of the molecule is O=C(O)c1ccccc1C(=O)NC1CCCC1CO. The second-order valence-electron chi connectivity index (χ2n) is 4.80. The van der Waals surface area contributed by atoms with Crippen LogP contribution in [0.4, 0.5) is 0 Å². The highest BCUT2D eigenvalue weighted by molar-refractivity contribution is 6.04. The molecule has 2 atom stereocenters. The first kappa shape index (κ1) is 13.5. The molecule has 0 heterocycles. The normalized spacial score (nSPS) is 22.2. The van der Waals surface area contributed by atoms with E-state index in [2.05, 4.69) is 5.32 Å². The molecular formula is C14H17NO4. The van der Waals surface area contributed by atoms with Gasteiger partial charge in [-0.1, -0.05) is 18.6 Å². The first-order valence-electron chi connectivity index (χ1n) is 6.37. The summed E-state index contributed by atoms with van der Waals surface area (Å²) in [5, 5.41) is 21.1. The average molecular weight is 263 g/mol. The number of hydrogen-bond donors (Lipinski definition) is 3. The van der Waals surface area contributed by atoms with Crippen molar-refractivity contribution < 1.29 is 19.8 Å². The van der Waals surface area contributed by atoms with Gasteiger partial charge in [0.2, 0.25) is 0 Å². The maximum atomic E-state index is 12.1. The summed E-state index contributed by atoms with van der Waals surface area (Å²) in [5.74, 6) is -1.43. The molecule has 2 unspecified atom stereocenters. The topological polar surface area (TPSA) is 86.6 Å². The number of carbonyl (C=O) groups excluding carboxylic acids is 1. The van der Waals surface area contributed by atoms with Crippen LogP contribution in [0.5, 0.6) is 0 Å². The summed E-state index contributed by atoms with van der Waals surface area (Å²) in [6, 6.07) is 6.07. The third-order valence-electron chi connectivity index (χ3n) is 3.61. The van der Waals surface area contributed by atoms with Gasteiger partial charge in [-0.3, -0.25) is 4.79 Å². The van der Waals surface area contributed by atoms with Gasteiger partial charge in [0, 0.05) is 18.6 Å². The molecule has 19 heavy (non-hydrogen) atoms. The molecule has 0 radical (unpaired) electrons. The number of carboxylic acids is 1. The summed E-state index contributed by atoms with van der Waals surface area (Å²) in [5.41, 5.74) is 0.164. The fourth-order valence-corrected chi connectivity index (χ4v) is 2.56. The zero-order valence-electron chi connectivity index (χ0n) is 10.5. The molecule has 1 amide bonds. The van der Waals surface area contributed by atoms with Crippen LogP contribution in [-0.4, -0.2) is 34.7 Å². The molecule has 3 N–H and O–H groups in total. The van der Waals surface area contributed by atoms with Gasteiger partial charge in [-0.2, -0.15) is 0 Å². The summed E-state index contributed by atoms with van der Waals surface area (Å²) >= 11 is 0. The molecular weight excluding hydrogens is 246 g/mol. The van der Waals surface area contributed by atoms with E-state index in [9.17, 15) is 14.7 Å². The molecule has 102 valence electrons. The van der Waals surface area contributed by atoms with Crippen molar-refractivity contribution in [2.75, 3.05) is 6.61 Å². The van der Waals surface area contributed by atoms with Crippen LogP contribution in [-0.2, 0) is 0 Å². The van der Waals surface area contributed by atoms with Crippen LogP contribution in [0.3, 0.4) is 0 Å². The summed E-state index contributed by atoms with van der Waals surface area (Å²) < 4.78 is 0. The Balaban J connectivity index is 2.14. The number of carboxylic acid groups (broad SMARTS) is 1. The molecule has 5 heteroatoms. The molecule has 5 nitrogen and oxygen atoms in total. The number of rotatable bonds is 4. The van der Waals surface area contributed by atoms with Gasteiger partial charge in [-0.05, 0) is 25.0 Å². The van der Waals surface area contributed by atoms with Gasteiger partial charge in [0.1, 0.15) is 0 Å². The van der Waals surface area contributed by atoms with Crippen LogP contribution in [0.2, 0.25) is 0 Å². The van der Waals surface area contributed by atoms with Crippen LogP contribution in [0, 0.1) is 5.92 Å². The number of aliphatic hydroxyl groups excluding tert-OH is 1. The van der Waals surface area contributed by atoms with Gasteiger partial charge in [0.25, 0.3) is 5.91 Å². The van der Waals surface area contributed by atoms with Crippen molar-refractivity contribution in [2.24, 2.45) is 5.92 Å². The maximum absolute atomic E-state index is 12.1. The lowest BCUT2D eigenvalue weighted by molar-refractivity contribution is 0.0689. The first-order chi connectivity index (χ1) is 9.13. The van der Waals surface area contributed by atoms with E-state index in [1.54, 1.807) is 12.1 Å². The van der Waals surface area contributed by atoms with E-state index in [1.165, 1.54) is 12.1 Å². The monoisotopic (exact) mass is 263 g/mol. The van der Waals surface area contributed by atoms with Crippen molar-refractivity contribution in [2.45, 2.75) is 25.3 Å². The van der Waals surface area contributed by atoms with E-state index in [-0.39, 0.29) is 35.6 Å². The molecule has 0 bridgehead atoms. The van der Waals surface area contributed by atoms with E-state index in [1.807, 2.05) is 0 Å². The van der Waals surface area contributed by atoms with Crippen LogP contribution in [0.1, 0.15) is 40.0 Å². The molecule has 0 aromatic heterocycles. The maximum Gasteiger partial charge on any atom is 0.336 e. The molecule has 0 saturated heterocycles. The number of nitrogens with one attached hydrogen (secondary N) is 1. The Bertz CT molecular complexity index is 486. The predicted octanol–water partition coefficient (Wildman–Crippen LogP) is 1.28. The molecule has 1 saturated carbocycles. The molecule has 1 aliphatic carbocycles. The summed E-state index contributed by atoms with van der Waals surface area (Å²) in [6.45, 7) is 0.0471. The Hall–Kier alpha value is -1.88. The Kier molecular flexibility index (Phi) is 4.16. The molecule has 0 aliphatic heterocycles. The second-order valence-corrected chi connectivity index (χ2v) is 4.80. The van der Waals surface area contributed by atoms with Crippen molar-refractivity contribution in [3.63, 3.8) is 0 Å². The molecule has 1 aliphatic rings. The summed E-state index contributed by atoms with van der Waals surface area (Å²) in [4.78, 5) is 23.2. The van der Waals surface area contributed by atoms with Crippen LogP contribution < -0.4 is 5.32 Å². The minimum atomic E-state index is -1.11. The van der Waals surface area contributed by atoms with Gasteiger partial charge in [-0.15, -0.1) is 0 Å². The predicted molar refractivity (Wildman–Crippen MR) is 69.1 cm³/mol. The second kappa shape index (κ2) is 5.84. The Labute approximate surface area is 111 Å². The zero-order valence-corrected chi connectivity index (χ0v) is 10.5. The smallest absolute Gasteiger partial charge is 0.336 e. The highest BCUT2D eigenvalue weighted by Gasteiger charge is 2.29. The van der Waals surface area contributed by atoms with Gasteiger partial charge >= 0.3 is 5.97 Å². The number of aromatic carboxylic acids is 1. The minimum absolute atomic E-state index is 0.00135. The van der Waals surface area contributed by atoms with Gasteiger partial charge in [-0.25, -0.2) is 4.79 Å². The fraction of sp³-hybridized carbons (Fsp3) is 0.429. The molecule has 1 aromatic carbocycles. The summed E-state index contributed by atoms with van der Waals surface area (Å²) in [6.07, 6.45) is 2.69. The number of amides is 1. The van der Waals surface area contributed by atoms with Crippen molar-refractivity contribution in [1.82, 2.24) is 5.32 Å². The summed E-state index contributed by atoms with van der Waals surface area (Å²) in [7, 11) is 0. The Morgan fingerprint density at radius 1 is 1.21 bits per heavy atom. The third-order valence-corrected chi connectivity index (χ3v) is 3.61. The molecule has 1 fully saturated rings. The Morgan fingerprint density at radius 2 is 1.89 bits per heavy atom. The van der Waals surface area contributed by atoms with Crippen LogP contribution in [0.25, 0.3) is 0 Å². The lowest BCUT2D eigenvalue weighted by Crippen LogP contribution is -2.39. The average Bonchev–Trinajstić information content (AvgIpc) is 2.85. The number of aliphatic hydroxyl groups is 1. The van der Waals surface area contributed by atoms with Crippen molar-refractivity contribution in [3.05, 3.63) is 35.4 Å². The lowest BCUT2D eigenvalue weighted by Gasteiger charge is -2.19. The van der Waals surface area contributed by atoms with Gasteiger partial charge in [0.05, 0.1) is 11.1 Å². The number of hydrogen-bond acceptors (Lipinski definition) is 3. The van der Waals surface area contributed by atoms with E-state index in [4.69, 9.17) is 5.11 Å². The highest BCUT2D eigenvalue weighted by atomic mass is 16.4. The van der Waals surface area contributed by atoms with Gasteiger partial charge < -0.3 is 15.5 Å². The third kappa shape index (κ3) is 2.93. The molecule has 1 aromatic rings. The molecule has 0 spiro atoms. The first-order valence-corrected chi connectivity index (χ1v) is 6.37. The quantitative estimate of drug-likeness (QED) is 0.763. The number of benzene rings is 1. The fourth-order valence-electron chi connectivity index (χ4n) is 2.56. The van der Waals surface area contributed by atoms with Crippen molar-refractivity contribution >= 4 is 11.9 Å². The standard InChI is InChI=1S/C14H17NO4/c16-8-9-4-3-7-12(9)15-13(17)10-5-1-2-6-11(10)14(18)19/h1-2,5-6,9,12,16H,3-4,7-8H2,(H,15,17)(H,18,19). The van der Waals surface area contributed by atoms with E-state index in [0.29, 0.717) is 0 Å². The molecule has 2 rings (SSSR count). The lowest BCUT2D eigenvalue weighted by atomic mass is 10.0. The highest BCUT2D eigenvalue weighted by Crippen LogP contribution is 2.25. The minimum Gasteiger partial charge on any atom is -0.478 e. The van der Waals surface area contributed by atoms with Crippen LogP contribution in [0.15, 0.2) is 24.3 Å².